The Morgan fingerprint density at radius 3 is 2.20 bits per heavy atom. The molecule has 0 spiro atoms. The standard InChI is InChI=1S/C27H32N2O6/c1-34-18(13-24(30)29-17-27(11-6-12-27)14-25(31)32)15-28-26(33)35-16-23-21-9-4-2-7-19(21)20-8-3-5-10-22(20)23/h2-5,7-10,18,23H,6,11-17H2,1H3,(H,28,33)(H,29,30)(H,31,32). The van der Waals surface area contributed by atoms with Crippen molar-refractivity contribution in [1.82, 2.24) is 10.6 Å². The number of amides is 2. The molecule has 0 saturated heterocycles. The van der Waals surface area contributed by atoms with E-state index >= 15 is 0 Å². The fourth-order valence-electron chi connectivity index (χ4n) is 5.06. The van der Waals surface area contributed by atoms with Crippen molar-refractivity contribution in [3.05, 3.63) is 59.7 Å². The Hall–Kier alpha value is -3.39. The van der Waals surface area contributed by atoms with Gasteiger partial charge in [0.1, 0.15) is 6.61 Å². The van der Waals surface area contributed by atoms with E-state index in [0.717, 1.165) is 41.5 Å². The topological polar surface area (TPSA) is 114 Å². The van der Waals surface area contributed by atoms with Crippen molar-refractivity contribution >= 4 is 18.0 Å². The summed E-state index contributed by atoms with van der Waals surface area (Å²) in [5, 5.41) is 14.6. The third kappa shape index (κ3) is 5.82. The first-order valence-electron chi connectivity index (χ1n) is 12.0. The highest BCUT2D eigenvalue weighted by atomic mass is 16.5. The van der Waals surface area contributed by atoms with Gasteiger partial charge in [0.15, 0.2) is 0 Å². The van der Waals surface area contributed by atoms with E-state index in [4.69, 9.17) is 14.6 Å². The summed E-state index contributed by atoms with van der Waals surface area (Å²) in [7, 11) is 1.48. The minimum atomic E-state index is -0.846. The molecule has 8 heteroatoms. The van der Waals surface area contributed by atoms with Crippen LogP contribution in [-0.4, -0.2) is 56.0 Å². The van der Waals surface area contributed by atoms with Gasteiger partial charge in [-0.25, -0.2) is 4.79 Å². The summed E-state index contributed by atoms with van der Waals surface area (Å²) < 4.78 is 10.9. The zero-order valence-corrected chi connectivity index (χ0v) is 19.9. The predicted molar refractivity (Wildman–Crippen MR) is 130 cm³/mol. The Morgan fingerprint density at radius 1 is 1.03 bits per heavy atom. The number of methoxy groups -OCH3 is 1. The third-order valence-corrected chi connectivity index (χ3v) is 7.17. The number of carboxylic acids is 1. The number of hydrogen-bond donors (Lipinski definition) is 3. The lowest BCUT2D eigenvalue weighted by molar-refractivity contribution is -0.142. The van der Waals surface area contributed by atoms with Crippen molar-refractivity contribution in [1.29, 1.82) is 0 Å². The minimum absolute atomic E-state index is 0.0261. The molecule has 1 fully saturated rings. The van der Waals surface area contributed by atoms with Crippen LogP contribution in [0, 0.1) is 5.41 Å². The maximum Gasteiger partial charge on any atom is 0.407 e. The number of carbonyl (C=O) groups excluding carboxylic acids is 2. The van der Waals surface area contributed by atoms with E-state index in [1.54, 1.807) is 0 Å². The maximum absolute atomic E-state index is 12.4. The molecule has 1 atom stereocenters. The summed E-state index contributed by atoms with van der Waals surface area (Å²) in [6.45, 7) is 0.679. The molecule has 1 saturated carbocycles. The van der Waals surface area contributed by atoms with E-state index in [-0.39, 0.29) is 43.2 Å². The summed E-state index contributed by atoms with van der Waals surface area (Å²) in [6.07, 6.45) is 1.62. The summed E-state index contributed by atoms with van der Waals surface area (Å²) >= 11 is 0. The second-order valence-electron chi connectivity index (χ2n) is 9.47. The van der Waals surface area contributed by atoms with Crippen LogP contribution < -0.4 is 10.6 Å². The number of carbonyl (C=O) groups is 3. The van der Waals surface area contributed by atoms with Gasteiger partial charge in [0.05, 0.1) is 18.9 Å². The molecule has 3 N–H and O–H groups in total. The first kappa shape index (κ1) is 24.7. The van der Waals surface area contributed by atoms with Gasteiger partial charge in [-0.15, -0.1) is 0 Å². The monoisotopic (exact) mass is 480 g/mol. The Labute approximate surface area is 205 Å². The molecule has 2 aromatic rings. The van der Waals surface area contributed by atoms with Gasteiger partial charge in [0.2, 0.25) is 5.91 Å². The van der Waals surface area contributed by atoms with Crippen molar-refractivity contribution < 1.29 is 29.0 Å². The van der Waals surface area contributed by atoms with E-state index in [9.17, 15) is 14.4 Å². The van der Waals surface area contributed by atoms with Gasteiger partial charge in [-0.2, -0.15) is 0 Å². The Bertz CT molecular complexity index is 1040. The largest absolute Gasteiger partial charge is 0.481 e. The van der Waals surface area contributed by atoms with E-state index < -0.39 is 18.2 Å². The van der Waals surface area contributed by atoms with Crippen molar-refractivity contribution in [2.75, 3.05) is 26.8 Å². The fraction of sp³-hybridized carbons (Fsp3) is 0.444. The van der Waals surface area contributed by atoms with Gasteiger partial charge in [-0.3, -0.25) is 9.59 Å². The molecular formula is C27H32N2O6. The highest BCUT2D eigenvalue weighted by Crippen LogP contribution is 2.45. The third-order valence-electron chi connectivity index (χ3n) is 7.17. The molecule has 0 aliphatic heterocycles. The fourth-order valence-corrected chi connectivity index (χ4v) is 5.06. The van der Waals surface area contributed by atoms with Crippen LogP contribution in [0.4, 0.5) is 4.79 Å². The number of aliphatic carboxylic acids is 1. The molecule has 35 heavy (non-hydrogen) atoms. The number of fused-ring (bicyclic) bond motifs is 3. The van der Waals surface area contributed by atoms with Crippen LogP contribution in [0.1, 0.15) is 49.1 Å². The average molecular weight is 481 g/mol. The van der Waals surface area contributed by atoms with Gasteiger partial charge in [-0.05, 0) is 40.5 Å². The van der Waals surface area contributed by atoms with Crippen molar-refractivity contribution in [2.24, 2.45) is 5.41 Å². The minimum Gasteiger partial charge on any atom is -0.481 e. The Morgan fingerprint density at radius 2 is 1.66 bits per heavy atom. The SMILES string of the molecule is COC(CNC(=O)OCC1c2ccccc2-c2ccccc21)CC(=O)NCC1(CC(=O)O)CCC1. The maximum atomic E-state index is 12.4. The number of nitrogens with one attached hydrogen (secondary N) is 2. The molecule has 8 nitrogen and oxygen atoms in total. The summed E-state index contributed by atoms with van der Waals surface area (Å²) in [4.78, 5) is 35.9. The van der Waals surface area contributed by atoms with Gasteiger partial charge >= 0.3 is 12.1 Å². The number of hydrogen-bond acceptors (Lipinski definition) is 5. The van der Waals surface area contributed by atoms with Crippen LogP contribution >= 0.6 is 0 Å². The smallest absolute Gasteiger partial charge is 0.407 e. The molecule has 0 heterocycles. The molecule has 0 bridgehead atoms. The molecule has 2 aliphatic rings. The van der Waals surface area contributed by atoms with Crippen LogP contribution in [0.15, 0.2) is 48.5 Å². The molecule has 2 amide bonds. The van der Waals surface area contributed by atoms with Gasteiger partial charge in [-0.1, -0.05) is 55.0 Å². The number of alkyl carbamates (subject to hydrolysis) is 1. The lowest BCUT2D eigenvalue weighted by Gasteiger charge is -2.40. The van der Waals surface area contributed by atoms with Crippen LogP contribution in [0.25, 0.3) is 11.1 Å². The van der Waals surface area contributed by atoms with E-state index in [1.807, 2.05) is 24.3 Å². The van der Waals surface area contributed by atoms with Crippen molar-refractivity contribution in [3.63, 3.8) is 0 Å². The van der Waals surface area contributed by atoms with Crippen molar-refractivity contribution in [3.8, 4) is 11.1 Å². The molecule has 2 aliphatic carbocycles. The number of carboxylic acid groups (broad SMARTS) is 1. The van der Waals surface area contributed by atoms with Gasteiger partial charge in [0.25, 0.3) is 0 Å². The quantitative estimate of drug-likeness (QED) is 0.452. The summed E-state index contributed by atoms with van der Waals surface area (Å²) in [5.41, 5.74) is 4.26. The molecule has 4 rings (SSSR count). The molecule has 0 aromatic heterocycles. The normalized spacial score (nSPS) is 16.4. The van der Waals surface area contributed by atoms with Crippen molar-refractivity contribution in [2.45, 2.75) is 44.1 Å². The molecule has 186 valence electrons. The molecule has 1 unspecified atom stereocenters. The zero-order valence-electron chi connectivity index (χ0n) is 19.9. The molecular weight excluding hydrogens is 448 g/mol. The Balaban J connectivity index is 1.23. The number of benzene rings is 2. The summed E-state index contributed by atoms with van der Waals surface area (Å²) in [6, 6.07) is 16.3. The van der Waals surface area contributed by atoms with Crippen LogP contribution in [-0.2, 0) is 19.1 Å². The average Bonchev–Trinajstić information content (AvgIpc) is 3.15. The number of ether oxygens (including phenoxy) is 2. The second kappa shape index (κ2) is 10.9. The molecule has 2 aromatic carbocycles. The summed E-state index contributed by atoms with van der Waals surface area (Å²) in [5.74, 6) is -1.11. The second-order valence-corrected chi connectivity index (χ2v) is 9.47. The number of rotatable bonds is 11. The lowest BCUT2D eigenvalue weighted by atomic mass is 9.66. The lowest BCUT2D eigenvalue weighted by Crippen LogP contribution is -2.45. The van der Waals surface area contributed by atoms with Crippen LogP contribution in [0.3, 0.4) is 0 Å². The van der Waals surface area contributed by atoms with Crippen LogP contribution in [0.2, 0.25) is 0 Å². The first-order valence-corrected chi connectivity index (χ1v) is 12.0. The Kier molecular flexibility index (Phi) is 7.70. The van der Waals surface area contributed by atoms with Crippen LogP contribution in [0.5, 0.6) is 0 Å². The van der Waals surface area contributed by atoms with E-state index in [0.29, 0.717) is 6.54 Å². The zero-order chi connectivity index (χ0) is 24.8. The van der Waals surface area contributed by atoms with Gasteiger partial charge in [0, 0.05) is 26.1 Å². The predicted octanol–water partition coefficient (Wildman–Crippen LogP) is 3.69. The first-order chi connectivity index (χ1) is 16.9. The van der Waals surface area contributed by atoms with Gasteiger partial charge < -0.3 is 25.2 Å². The molecule has 0 radical (unpaired) electrons. The van der Waals surface area contributed by atoms with E-state index in [1.165, 1.54) is 7.11 Å². The highest BCUT2D eigenvalue weighted by Gasteiger charge is 2.39. The highest BCUT2D eigenvalue weighted by molar-refractivity contribution is 5.79. The van der Waals surface area contributed by atoms with E-state index in [2.05, 4.69) is 34.9 Å².